The van der Waals surface area contributed by atoms with Crippen LogP contribution in [0, 0.1) is 0 Å². The maximum atomic E-state index is 9.21. The zero-order chi connectivity index (χ0) is 17.9. The van der Waals surface area contributed by atoms with Crippen molar-refractivity contribution in [3.8, 4) is 11.3 Å². The van der Waals surface area contributed by atoms with E-state index in [0.29, 0.717) is 0 Å². The number of aromatic nitrogens is 3. The van der Waals surface area contributed by atoms with E-state index >= 15 is 0 Å². The molecule has 2 aromatic heterocycles. The molecule has 0 aliphatic carbocycles. The van der Waals surface area contributed by atoms with E-state index in [4.69, 9.17) is 0 Å². The van der Waals surface area contributed by atoms with Crippen LogP contribution in [0.4, 0.5) is 5.95 Å². The molecule has 0 aliphatic rings. The second-order valence-electron chi connectivity index (χ2n) is 6.17. The van der Waals surface area contributed by atoms with E-state index in [-0.39, 0.29) is 6.61 Å². The number of nitrogens with zero attached hydrogens (tertiary/aromatic N) is 3. The first-order valence-corrected chi connectivity index (χ1v) is 8.56. The quantitative estimate of drug-likeness (QED) is 0.580. The summed E-state index contributed by atoms with van der Waals surface area (Å²) >= 11 is 0. The van der Waals surface area contributed by atoms with E-state index in [0.717, 1.165) is 40.3 Å². The highest BCUT2D eigenvalue weighted by molar-refractivity contribution is 5.82. The zero-order valence-electron chi connectivity index (χ0n) is 14.6. The molecular weight excluding hydrogens is 324 g/mol. The summed E-state index contributed by atoms with van der Waals surface area (Å²) in [6.45, 7) is 0.780. The van der Waals surface area contributed by atoms with Gasteiger partial charge in [0.1, 0.15) is 5.52 Å². The largest absolute Gasteiger partial charge is 0.392 e. The maximum absolute atomic E-state index is 9.21. The molecule has 2 N–H and O–H groups in total. The third-order valence-corrected chi connectivity index (χ3v) is 4.47. The third-order valence-electron chi connectivity index (χ3n) is 4.47. The average molecular weight is 344 g/mol. The number of hydrogen-bond acceptors (Lipinski definition) is 4. The van der Waals surface area contributed by atoms with Gasteiger partial charge in [-0.3, -0.25) is 4.98 Å². The minimum Gasteiger partial charge on any atom is -0.392 e. The predicted molar refractivity (Wildman–Crippen MR) is 104 cm³/mol. The lowest BCUT2D eigenvalue weighted by molar-refractivity contribution is 0.282. The lowest BCUT2D eigenvalue weighted by atomic mass is 10.1. The van der Waals surface area contributed by atoms with E-state index in [9.17, 15) is 5.11 Å². The lowest BCUT2D eigenvalue weighted by Crippen LogP contribution is -2.05. The number of imidazole rings is 1. The SMILES string of the molecule is CNc1nc2cnc(-c3ccc(CO)cc3)cc2n1Cc1ccccc1. The molecule has 5 nitrogen and oxygen atoms in total. The Balaban J connectivity index is 1.79. The number of aliphatic hydroxyl groups is 1. The first kappa shape index (κ1) is 16.3. The zero-order valence-corrected chi connectivity index (χ0v) is 14.6. The Kier molecular flexibility index (Phi) is 4.37. The van der Waals surface area contributed by atoms with Crippen molar-refractivity contribution in [3.63, 3.8) is 0 Å². The first-order chi connectivity index (χ1) is 12.8. The van der Waals surface area contributed by atoms with Crippen LogP contribution in [-0.2, 0) is 13.2 Å². The van der Waals surface area contributed by atoms with Gasteiger partial charge in [0, 0.05) is 12.6 Å². The fourth-order valence-corrected chi connectivity index (χ4v) is 3.08. The molecule has 0 aliphatic heterocycles. The van der Waals surface area contributed by atoms with Crippen LogP contribution in [-0.4, -0.2) is 26.7 Å². The molecule has 0 spiro atoms. The van der Waals surface area contributed by atoms with E-state index in [1.165, 1.54) is 5.56 Å². The Morgan fingerprint density at radius 1 is 1.00 bits per heavy atom. The van der Waals surface area contributed by atoms with Crippen molar-refractivity contribution in [2.45, 2.75) is 13.2 Å². The van der Waals surface area contributed by atoms with Crippen LogP contribution in [0.1, 0.15) is 11.1 Å². The molecule has 0 atom stereocenters. The summed E-state index contributed by atoms with van der Waals surface area (Å²) in [6, 6.07) is 20.2. The van der Waals surface area contributed by atoms with Crippen LogP contribution in [0.15, 0.2) is 66.9 Å². The van der Waals surface area contributed by atoms with Gasteiger partial charge in [-0.15, -0.1) is 0 Å². The minimum atomic E-state index is 0.0438. The Hall–Kier alpha value is -3.18. The van der Waals surface area contributed by atoms with Gasteiger partial charge in [-0.25, -0.2) is 4.98 Å². The minimum absolute atomic E-state index is 0.0438. The van der Waals surface area contributed by atoms with Crippen molar-refractivity contribution in [1.29, 1.82) is 0 Å². The Morgan fingerprint density at radius 2 is 1.77 bits per heavy atom. The van der Waals surface area contributed by atoms with Gasteiger partial charge in [0.25, 0.3) is 0 Å². The molecule has 0 saturated heterocycles. The van der Waals surface area contributed by atoms with Gasteiger partial charge in [-0.05, 0) is 17.2 Å². The molecule has 130 valence electrons. The number of anilines is 1. The smallest absolute Gasteiger partial charge is 0.203 e. The topological polar surface area (TPSA) is 63.0 Å². The molecule has 0 bridgehead atoms. The number of pyridine rings is 1. The highest BCUT2D eigenvalue weighted by atomic mass is 16.3. The predicted octanol–water partition coefficient (Wildman–Crippen LogP) is 3.68. The van der Waals surface area contributed by atoms with Crippen LogP contribution in [0.3, 0.4) is 0 Å². The standard InChI is InChI=1S/C21H20N4O/c1-22-21-24-19-12-23-18(17-9-7-16(14-26)8-10-17)11-20(19)25(21)13-15-5-3-2-4-6-15/h2-12,26H,13-14H2,1H3,(H,22,24). The van der Waals surface area contributed by atoms with Crippen LogP contribution in [0.25, 0.3) is 22.3 Å². The summed E-state index contributed by atoms with van der Waals surface area (Å²) in [5.74, 6) is 0.818. The number of hydrogen-bond donors (Lipinski definition) is 2. The molecular formula is C21H20N4O. The number of benzene rings is 2. The van der Waals surface area contributed by atoms with Gasteiger partial charge in [0.15, 0.2) is 0 Å². The fourth-order valence-electron chi connectivity index (χ4n) is 3.08. The number of fused-ring (bicyclic) bond motifs is 1. The number of rotatable bonds is 5. The Bertz CT molecular complexity index is 1020. The van der Waals surface area contributed by atoms with E-state index in [2.05, 4.69) is 38.1 Å². The van der Waals surface area contributed by atoms with Gasteiger partial charge in [0.2, 0.25) is 5.95 Å². The molecule has 26 heavy (non-hydrogen) atoms. The third kappa shape index (κ3) is 3.05. The Labute approximate surface area is 152 Å². The summed E-state index contributed by atoms with van der Waals surface area (Å²) in [5, 5.41) is 12.4. The molecule has 4 rings (SSSR count). The van der Waals surface area contributed by atoms with Crippen LogP contribution < -0.4 is 5.32 Å². The molecule has 2 aromatic carbocycles. The van der Waals surface area contributed by atoms with Gasteiger partial charge < -0.3 is 15.0 Å². The molecule has 0 fully saturated rings. The van der Waals surface area contributed by atoms with Crippen molar-refractivity contribution >= 4 is 17.0 Å². The number of nitrogens with one attached hydrogen (secondary N) is 1. The average Bonchev–Trinajstić information content (AvgIpc) is 3.05. The summed E-state index contributed by atoms with van der Waals surface area (Å²) in [4.78, 5) is 9.21. The van der Waals surface area contributed by atoms with E-state index in [1.807, 2.05) is 55.7 Å². The summed E-state index contributed by atoms with van der Waals surface area (Å²) in [7, 11) is 1.88. The van der Waals surface area contributed by atoms with Crippen molar-refractivity contribution in [1.82, 2.24) is 14.5 Å². The lowest BCUT2D eigenvalue weighted by Gasteiger charge is -2.09. The normalized spacial score (nSPS) is 11.0. The first-order valence-electron chi connectivity index (χ1n) is 8.56. The van der Waals surface area contributed by atoms with Crippen molar-refractivity contribution < 1.29 is 5.11 Å². The molecule has 0 radical (unpaired) electrons. The molecule has 5 heteroatoms. The van der Waals surface area contributed by atoms with Crippen molar-refractivity contribution in [3.05, 3.63) is 78.0 Å². The van der Waals surface area contributed by atoms with Crippen molar-refractivity contribution in [2.75, 3.05) is 12.4 Å². The second kappa shape index (κ2) is 6.98. The van der Waals surface area contributed by atoms with Gasteiger partial charge in [0.05, 0.1) is 30.6 Å². The highest BCUT2D eigenvalue weighted by Gasteiger charge is 2.12. The summed E-state index contributed by atoms with van der Waals surface area (Å²) < 4.78 is 2.16. The molecule has 0 saturated carbocycles. The monoisotopic (exact) mass is 344 g/mol. The highest BCUT2D eigenvalue weighted by Crippen LogP contribution is 2.25. The van der Waals surface area contributed by atoms with Gasteiger partial charge in [-0.2, -0.15) is 0 Å². The number of aliphatic hydroxyl groups excluding tert-OH is 1. The maximum Gasteiger partial charge on any atom is 0.203 e. The second-order valence-corrected chi connectivity index (χ2v) is 6.17. The van der Waals surface area contributed by atoms with E-state index in [1.54, 1.807) is 0 Å². The van der Waals surface area contributed by atoms with Crippen LogP contribution >= 0.6 is 0 Å². The van der Waals surface area contributed by atoms with Crippen LogP contribution in [0.2, 0.25) is 0 Å². The molecule has 0 amide bonds. The molecule has 4 aromatic rings. The van der Waals surface area contributed by atoms with Gasteiger partial charge >= 0.3 is 0 Å². The van der Waals surface area contributed by atoms with Gasteiger partial charge in [-0.1, -0.05) is 54.6 Å². The van der Waals surface area contributed by atoms with E-state index < -0.39 is 0 Å². The molecule has 0 unspecified atom stereocenters. The fraction of sp³-hybridized carbons (Fsp3) is 0.143. The summed E-state index contributed by atoms with van der Waals surface area (Å²) in [6.07, 6.45) is 1.81. The summed E-state index contributed by atoms with van der Waals surface area (Å²) in [5.41, 5.74) is 5.91. The Morgan fingerprint density at radius 3 is 2.46 bits per heavy atom. The molecule has 2 heterocycles. The van der Waals surface area contributed by atoms with Crippen molar-refractivity contribution in [2.24, 2.45) is 0 Å². The van der Waals surface area contributed by atoms with Crippen LogP contribution in [0.5, 0.6) is 0 Å².